The molecule has 3 aliphatic rings. The van der Waals surface area contributed by atoms with Gasteiger partial charge in [0.2, 0.25) is 0 Å². The fraction of sp³-hybridized carbons (Fsp3) is 1.00. The van der Waals surface area contributed by atoms with Crippen LogP contribution in [0.2, 0.25) is 0 Å². The standard InChI is InChI=1S/C16H28O13/c1-4-12(28-15-10(22)7(19)5(17)3-26-15)9(21)11(23)16(27-4)29-13-8(20)6(18)2-25-14(13)24/h4-24H,2-3H2,1H3/t4-,5+,6-,7-,8-,9-,10+,11+,12-,13+,14-,15-,16-/m0/s1. The minimum absolute atomic E-state index is 0.310. The van der Waals surface area contributed by atoms with Crippen LogP contribution in [0, 0.1) is 0 Å². The molecule has 0 saturated carbocycles. The fourth-order valence-corrected chi connectivity index (χ4v) is 3.44. The molecule has 0 aliphatic carbocycles. The van der Waals surface area contributed by atoms with E-state index >= 15 is 0 Å². The van der Waals surface area contributed by atoms with Crippen LogP contribution >= 0.6 is 0 Å². The van der Waals surface area contributed by atoms with Gasteiger partial charge in [0.1, 0.15) is 54.9 Å². The second kappa shape index (κ2) is 9.32. The lowest BCUT2D eigenvalue weighted by Gasteiger charge is -2.46. The van der Waals surface area contributed by atoms with E-state index < -0.39 is 79.9 Å². The van der Waals surface area contributed by atoms with Gasteiger partial charge in [-0.15, -0.1) is 0 Å². The molecule has 8 N–H and O–H groups in total. The topological polar surface area (TPSA) is 208 Å². The Morgan fingerprint density at radius 3 is 1.86 bits per heavy atom. The van der Waals surface area contributed by atoms with Crippen LogP contribution < -0.4 is 0 Å². The summed E-state index contributed by atoms with van der Waals surface area (Å²) in [5.74, 6) is 0. The van der Waals surface area contributed by atoms with Crippen molar-refractivity contribution in [3.05, 3.63) is 0 Å². The first-order valence-corrected chi connectivity index (χ1v) is 9.26. The van der Waals surface area contributed by atoms with Gasteiger partial charge in [0, 0.05) is 0 Å². The van der Waals surface area contributed by atoms with Gasteiger partial charge in [-0.2, -0.15) is 0 Å². The molecule has 3 aliphatic heterocycles. The average molecular weight is 428 g/mol. The van der Waals surface area contributed by atoms with Gasteiger partial charge in [-0.25, -0.2) is 0 Å². The Bertz CT molecular complexity index is 537. The molecule has 0 aromatic rings. The third kappa shape index (κ3) is 4.72. The summed E-state index contributed by atoms with van der Waals surface area (Å²) in [6.07, 6.45) is -18.7. The van der Waals surface area contributed by atoms with Crippen molar-refractivity contribution in [2.75, 3.05) is 13.2 Å². The Labute approximate surface area is 165 Å². The van der Waals surface area contributed by atoms with E-state index in [1.165, 1.54) is 6.92 Å². The predicted molar refractivity (Wildman–Crippen MR) is 87.8 cm³/mol. The molecular weight excluding hydrogens is 400 g/mol. The number of hydrogen-bond acceptors (Lipinski definition) is 13. The molecule has 0 amide bonds. The van der Waals surface area contributed by atoms with E-state index in [2.05, 4.69) is 0 Å². The Kier molecular flexibility index (Phi) is 7.44. The number of hydrogen-bond donors (Lipinski definition) is 8. The van der Waals surface area contributed by atoms with Gasteiger partial charge in [0.15, 0.2) is 18.9 Å². The third-order valence-electron chi connectivity index (χ3n) is 5.26. The Morgan fingerprint density at radius 2 is 1.17 bits per heavy atom. The molecule has 3 fully saturated rings. The van der Waals surface area contributed by atoms with E-state index in [0.717, 1.165) is 0 Å². The summed E-state index contributed by atoms with van der Waals surface area (Å²) in [6, 6.07) is 0. The first kappa shape index (κ1) is 23.1. The quantitative estimate of drug-likeness (QED) is 0.211. The highest BCUT2D eigenvalue weighted by atomic mass is 16.7. The molecule has 0 unspecified atom stereocenters. The van der Waals surface area contributed by atoms with Crippen LogP contribution in [0.15, 0.2) is 0 Å². The summed E-state index contributed by atoms with van der Waals surface area (Å²) in [4.78, 5) is 0. The molecule has 13 nitrogen and oxygen atoms in total. The second-order valence-electron chi connectivity index (χ2n) is 7.42. The molecular formula is C16H28O13. The lowest BCUT2D eigenvalue weighted by Crippen LogP contribution is -2.63. The smallest absolute Gasteiger partial charge is 0.187 e. The first-order chi connectivity index (χ1) is 13.6. The minimum Gasteiger partial charge on any atom is -0.388 e. The Balaban J connectivity index is 1.63. The average Bonchev–Trinajstić information content (AvgIpc) is 2.68. The molecule has 0 spiro atoms. The van der Waals surface area contributed by atoms with Crippen molar-refractivity contribution in [1.82, 2.24) is 0 Å². The van der Waals surface area contributed by atoms with Crippen molar-refractivity contribution in [3.8, 4) is 0 Å². The lowest BCUT2D eigenvalue weighted by atomic mass is 9.98. The predicted octanol–water partition coefficient (Wildman–Crippen LogP) is -5.27. The van der Waals surface area contributed by atoms with Gasteiger partial charge in [-0.3, -0.25) is 0 Å². The van der Waals surface area contributed by atoms with E-state index in [-0.39, 0.29) is 13.2 Å². The first-order valence-electron chi connectivity index (χ1n) is 9.26. The van der Waals surface area contributed by atoms with Crippen molar-refractivity contribution in [2.24, 2.45) is 0 Å². The fourth-order valence-electron chi connectivity index (χ4n) is 3.44. The molecule has 3 heterocycles. The van der Waals surface area contributed by atoms with Gasteiger partial charge in [0.05, 0.1) is 19.3 Å². The second-order valence-corrected chi connectivity index (χ2v) is 7.42. The van der Waals surface area contributed by atoms with Crippen LogP contribution in [0.3, 0.4) is 0 Å². The van der Waals surface area contributed by atoms with Crippen LogP contribution in [-0.4, -0.2) is 134 Å². The van der Waals surface area contributed by atoms with E-state index in [9.17, 15) is 40.9 Å². The molecule has 0 aromatic heterocycles. The van der Waals surface area contributed by atoms with Crippen molar-refractivity contribution in [2.45, 2.75) is 86.8 Å². The number of aliphatic hydroxyl groups is 8. The molecule has 29 heavy (non-hydrogen) atoms. The van der Waals surface area contributed by atoms with Crippen molar-refractivity contribution >= 4 is 0 Å². The van der Waals surface area contributed by atoms with Crippen LogP contribution in [0.1, 0.15) is 6.92 Å². The zero-order chi connectivity index (χ0) is 21.5. The maximum absolute atomic E-state index is 10.4. The maximum atomic E-state index is 10.4. The van der Waals surface area contributed by atoms with Crippen molar-refractivity contribution in [1.29, 1.82) is 0 Å². The molecule has 0 aromatic carbocycles. The van der Waals surface area contributed by atoms with E-state index in [4.69, 9.17) is 23.7 Å². The summed E-state index contributed by atoms with van der Waals surface area (Å²) in [5.41, 5.74) is 0. The number of rotatable bonds is 4. The summed E-state index contributed by atoms with van der Waals surface area (Å²) >= 11 is 0. The molecule has 3 saturated heterocycles. The van der Waals surface area contributed by atoms with Gasteiger partial charge in [-0.05, 0) is 6.92 Å². The zero-order valence-corrected chi connectivity index (χ0v) is 15.5. The monoisotopic (exact) mass is 428 g/mol. The molecule has 13 atom stereocenters. The Morgan fingerprint density at radius 1 is 0.621 bits per heavy atom. The van der Waals surface area contributed by atoms with Gasteiger partial charge in [-0.1, -0.05) is 0 Å². The SMILES string of the molecule is C[C@@H]1O[C@@H](O[C@@H]2[C@@H](O)[C@@H](O)CO[C@@H]2O)[C@H](O)[C@H](O)[C@H]1O[C@@H]1OC[C@@H](O)[C@H](O)[C@H]1O. The summed E-state index contributed by atoms with van der Waals surface area (Å²) in [6.45, 7) is 0.847. The van der Waals surface area contributed by atoms with Crippen LogP contribution in [0.4, 0.5) is 0 Å². The minimum atomic E-state index is -1.70. The van der Waals surface area contributed by atoms with Crippen LogP contribution in [-0.2, 0) is 23.7 Å². The highest BCUT2D eigenvalue weighted by Gasteiger charge is 2.50. The molecule has 0 bridgehead atoms. The van der Waals surface area contributed by atoms with Crippen LogP contribution in [0.5, 0.6) is 0 Å². The highest BCUT2D eigenvalue weighted by Crippen LogP contribution is 2.30. The molecule has 0 radical (unpaired) electrons. The highest BCUT2D eigenvalue weighted by molar-refractivity contribution is 4.92. The Hall–Kier alpha value is -0.520. The summed E-state index contributed by atoms with van der Waals surface area (Å²) in [7, 11) is 0. The lowest BCUT2D eigenvalue weighted by molar-refractivity contribution is -0.367. The summed E-state index contributed by atoms with van der Waals surface area (Å²) in [5, 5.41) is 79.4. The molecule has 13 heteroatoms. The van der Waals surface area contributed by atoms with E-state index in [0.29, 0.717) is 0 Å². The van der Waals surface area contributed by atoms with Crippen molar-refractivity contribution < 1.29 is 64.5 Å². The normalized spacial score (nSPS) is 54.3. The number of aliphatic hydroxyl groups excluding tert-OH is 8. The maximum Gasteiger partial charge on any atom is 0.187 e. The van der Waals surface area contributed by atoms with Crippen LogP contribution in [0.25, 0.3) is 0 Å². The van der Waals surface area contributed by atoms with E-state index in [1.54, 1.807) is 0 Å². The van der Waals surface area contributed by atoms with Crippen molar-refractivity contribution in [3.63, 3.8) is 0 Å². The van der Waals surface area contributed by atoms with Gasteiger partial charge >= 0.3 is 0 Å². The van der Waals surface area contributed by atoms with Gasteiger partial charge in [0.25, 0.3) is 0 Å². The largest absolute Gasteiger partial charge is 0.388 e. The molecule has 170 valence electrons. The summed E-state index contributed by atoms with van der Waals surface area (Å²) < 4.78 is 26.3. The van der Waals surface area contributed by atoms with E-state index in [1.807, 2.05) is 0 Å². The third-order valence-corrected chi connectivity index (χ3v) is 5.26. The zero-order valence-electron chi connectivity index (χ0n) is 15.5. The molecule has 3 rings (SSSR count). The van der Waals surface area contributed by atoms with Gasteiger partial charge < -0.3 is 64.5 Å². The number of ether oxygens (including phenoxy) is 5.